The van der Waals surface area contributed by atoms with Crippen LogP contribution in [0.5, 0.6) is 0 Å². The van der Waals surface area contributed by atoms with Gasteiger partial charge in [-0.15, -0.1) is 0 Å². The molecule has 0 aliphatic rings. The average Bonchev–Trinajstić information content (AvgIpc) is 1.87. The maximum atomic E-state index is 11.1. The van der Waals surface area contributed by atoms with Crippen molar-refractivity contribution in [2.75, 3.05) is 12.5 Å². The molecule has 0 aromatic heterocycles. The molecule has 0 saturated carbocycles. The largest absolute Gasteiger partial charge is 0.566 e. The summed E-state index contributed by atoms with van der Waals surface area (Å²) in [7, 11) is -3.00. The minimum absolute atomic E-state index is 0.913. The van der Waals surface area contributed by atoms with Crippen molar-refractivity contribution in [1.29, 1.82) is 0 Å². The monoisotopic (exact) mass is 220 g/mol. The Bertz CT molecular complexity index is 163. The Labute approximate surface area is 68.0 Å². The van der Waals surface area contributed by atoms with Crippen LogP contribution < -0.4 is 4.89 Å². The summed E-state index contributed by atoms with van der Waals surface area (Å²) in [5, 5.41) is 0. The van der Waals surface area contributed by atoms with Gasteiger partial charge < -0.3 is 4.89 Å². The molecule has 0 amide bonds. The van der Waals surface area contributed by atoms with Gasteiger partial charge in [0.25, 0.3) is 0 Å². The van der Waals surface area contributed by atoms with Crippen molar-refractivity contribution in [3.05, 3.63) is 0 Å². The van der Waals surface area contributed by atoms with Gasteiger partial charge in [-0.05, 0) is 17.1 Å². The van der Waals surface area contributed by atoms with Crippen molar-refractivity contribution in [3.63, 3.8) is 0 Å². The predicted molar refractivity (Wildman–Crippen MR) is 43.3 cm³/mol. The van der Waals surface area contributed by atoms with E-state index in [0.717, 1.165) is 22.8 Å². The first-order valence-corrected chi connectivity index (χ1v) is 8.47. The van der Waals surface area contributed by atoms with Gasteiger partial charge in [0.15, 0.2) is 0 Å². The molecule has 60 valence electrons. The quantitative estimate of drug-likeness (QED) is 0.673. The number of rotatable bonds is 4. The summed E-state index contributed by atoms with van der Waals surface area (Å²) in [6, 6.07) is 0. The third-order valence-electron chi connectivity index (χ3n) is 0.614. The summed E-state index contributed by atoms with van der Waals surface area (Å²) in [6.07, 6.45) is 3.08. The Kier molecular flexibility index (Phi) is 5.20. The zero-order chi connectivity index (χ0) is 8.20. The van der Waals surface area contributed by atoms with Crippen LogP contribution in [0.15, 0.2) is 0 Å². The molecular weight excluding hydrogens is 214 g/mol. The third kappa shape index (κ3) is 3.96. The molecule has 0 aliphatic carbocycles. The van der Waals surface area contributed by atoms with Crippen LogP contribution in [0, 0.1) is 0 Å². The zero-order valence-electron chi connectivity index (χ0n) is 5.34. The fraction of sp³-hybridized carbons (Fsp3) is 1.00. The van der Waals surface area contributed by atoms with Gasteiger partial charge in [-0.3, -0.25) is 4.57 Å². The lowest BCUT2D eigenvalue weighted by molar-refractivity contribution is -0.178. The van der Waals surface area contributed by atoms with E-state index < -0.39 is 14.0 Å². The second-order valence-corrected chi connectivity index (χ2v) is 9.61. The molecule has 0 aromatic rings. The second kappa shape index (κ2) is 4.75. The van der Waals surface area contributed by atoms with Gasteiger partial charge in [0, 0.05) is 0 Å². The van der Waals surface area contributed by atoms with Crippen LogP contribution >= 0.6 is 36.8 Å². The van der Waals surface area contributed by atoms with Gasteiger partial charge in [-0.25, -0.2) is 0 Å². The van der Waals surface area contributed by atoms with E-state index in [1.165, 1.54) is 12.5 Å². The van der Waals surface area contributed by atoms with Crippen LogP contribution in [0.3, 0.4) is 0 Å². The molecule has 8 heteroatoms. The molecule has 0 bridgehead atoms. The Morgan fingerprint density at radius 2 is 1.90 bits per heavy atom. The van der Waals surface area contributed by atoms with E-state index in [4.69, 9.17) is 0 Å². The van der Waals surface area contributed by atoms with Crippen molar-refractivity contribution >= 4 is 36.8 Å². The highest BCUT2D eigenvalue weighted by molar-refractivity contribution is 8.89. The van der Waals surface area contributed by atoms with Gasteiger partial charge in [-0.2, -0.15) is 0 Å². The van der Waals surface area contributed by atoms with Crippen molar-refractivity contribution in [3.8, 4) is 0 Å². The molecule has 0 aromatic carbocycles. The third-order valence-corrected chi connectivity index (χ3v) is 9.41. The van der Waals surface area contributed by atoms with Crippen LogP contribution in [-0.4, -0.2) is 12.5 Å². The molecule has 1 atom stereocenters. The van der Waals surface area contributed by atoms with Crippen LogP contribution in [0.4, 0.5) is 0 Å². The standard InChI is InChI=1S/C2H6O4P2S2/c1-9-8(5,10-2)6-7(3)4/h1-2H3. The van der Waals surface area contributed by atoms with E-state index in [1.807, 2.05) is 0 Å². The molecule has 0 aliphatic heterocycles. The minimum Gasteiger partial charge on any atom is -0.566 e. The summed E-state index contributed by atoms with van der Waals surface area (Å²) in [6.45, 7) is 0. The Morgan fingerprint density at radius 1 is 1.50 bits per heavy atom. The van der Waals surface area contributed by atoms with E-state index in [1.54, 1.807) is 0 Å². The van der Waals surface area contributed by atoms with E-state index >= 15 is 0 Å². The molecule has 0 fully saturated rings. The first kappa shape index (κ1) is 11.0. The van der Waals surface area contributed by atoms with Gasteiger partial charge in [0.2, 0.25) is 0 Å². The van der Waals surface area contributed by atoms with E-state index in [9.17, 15) is 14.0 Å². The average molecular weight is 220 g/mol. The van der Waals surface area contributed by atoms with E-state index in [-0.39, 0.29) is 0 Å². The normalized spacial score (nSPS) is 13.3. The molecule has 10 heavy (non-hydrogen) atoms. The molecule has 0 spiro atoms. The van der Waals surface area contributed by atoms with Crippen molar-refractivity contribution < 1.29 is 18.3 Å². The summed E-state index contributed by atoms with van der Waals surface area (Å²) in [4.78, 5) is 9.95. The van der Waals surface area contributed by atoms with Gasteiger partial charge in [0.05, 0.1) is 0 Å². The van der Waals surface area contributed by atoms with Crippen molar-refractivity contribution in [2.24, 2.45) is 0 Å². The minimum atomic E-state index is -3.00. The smallest absolute Gasteiger partial charge is 0.496 e. The Hall–Kier alpha value is 0.950. The molecule has 0 saturated heterocycles. The fourth-order valence-corrected chi connectivity index (χ4v) is 5.53. The van der Waals surface area contributed by atoms with Gasteiger partial charge in [-0.1, -0.05) is 27.1 Å². The zero-order valence-corrected chi connectivity index (χ0v) is 8.77. The maximum Gasteiger partial charge on any atom is 0.496 e. The first-order valence-electron chi connectivity index (χ1n) is 2.09. The first-order chi connectivity index (χ1) is 4.54. The topological polar surface area (TPSA) is 66.4 Å². The molecule has 4 nitrogen and oxygen atoms in total. The predicted octanol–water partition coefficient (Wildman–Crippen LogP) is 1.85. The van der Waals surface area contributed by atoms with Crippen LogP contribution in [0.2, 0.25) is 0 Å². The van der Waals surface area contributed by atoms with Crippen molar-refractivity contribution in [1.82, 2.24) is 0 Å². The van der Waals surface area contributed by atoms with Gasteiger partial charge in [0.1, 0.15) is 0 Å². The molecule has 0 heterocycles. The summed E-state index contributed by atoms with van der Waals surface area (Å²) in [5.41, 5.74) is 0. The molecular formula is C2H6O4P2S2. The maximum absolute atomic E-state index is 11.1. The molecule has 0 N–H and O–H groups in total. The fourth-order valence-electron chi connectivity index (χ4n) is 0.223. The second-order valence-electron chi connectivity index (χ2n) is 1.12. The molecule has 1 unspecified atom stereocenters. The SMILES string of the molecule is CSP(=O)(O[P+](=O)[O-])SC. The molecule has 0 radical (unpaired) electrons. The highest BCUT2D eigenvalue weighted by Crippen LogP contribution is 2.70. The summed E-state index contributed by atoms with van der Waals surface area (Å²) < 4.78 is 25.2. The highest BCUT2D eigenvalue weighted by Gasteiger charge is 2.28. The van der Waals surface area contributed by atoms with Crippen LogP contribution in [0.1, 0.15) is 0 Å². The van der Waals surface area contributed by atoms with Crippen LogP contribution in [0.25, 0.3) is 0 Å². The van der Waals surface area contributed by atoms with E-state index in [2.05, 4.69) is 4.31 Å². The summed E-state index contributed by atoms with van der Waals surface area (Å²) >= 11 is 1.83. The van der Waals surface area contributed by atoms with E-state index in [0.29, 0.717) is 0 Å². The number of hydrogen-bond acceptors (Lipinski definition) is 6. The van der Waals surface area contributed by atoms with Crippen molar-refractivity contribution in [2.45, 2.75) is 0 Å². The van der Waals surface area contributed by atoms with Gasteiger partial charge >= 0.3 is 14.0 Å². The molecule has 0 rings (SSSR count). The lowest BCUT2D eigenvalue weighted by Gasteiger charge is -2.03. The Balaban J connectivity index is 4.07. The number of hydrogen-bond donors (Lipinski definition) is 0. The lowest BCUT2D eigenvalue weighted by atomic mass is 12.0. The highest BCUT2D eigenvalue weighted by atomic mass is 33.1. The lowest BCUT2D eigenvalue weighted by Crippen LogP contribution is -1.86. The Morgan fingerprint density at radius 3 is 2.00 bits per heavy atom. The summed E-state index contributed by atoms with van der Waals surface area (Å²) in [5.74, 6) is -3.00. The van der Waals surface area contributed by atoms with Crippen LogP contribution in [-0.2, 0) is 13.4 Å².